The highest BCUT2D eigenvalue weighted by atomic mass is 31.2. The summed E-state index contributed by atoms with van der Waals surface area (Å²) in [5, 5.41) is 10.6. The van der Waals surface area contributed by atoms with Crippen molar-refractivity contribution >= 4 is 39.5 Å². The summed E-state index contributed by atoms with van der Waals surface area (Å²) in [5.74, 6) is 0.960. The maximum atomic E-state index is 13.1. The minimum atomic E-state index is -4.96. The number of aliphatic hydroxyl groups is 1. The van der Waals surface area contributed by atoms with E-state index in [2.05, 4.69) is 55.4 Å². The Labute approximate surface area is 568 Å². The zero-order chi connectivity index (χ0) is 68.9. The molecule has 0 aromatic carbocycles. The van der Waals surface area contributed by atoms with Crippen molar-refractivity contribution in [3.63, 3.8) is 0 Å². The first-order valence-electron chi connectivity index (χ1n) is 38.3. The van der Waals surface area contributed by atoms with Gasteiger partial charge in [0.1, 0.15) is 19.3 Å². The molecular formula is C74H144O17P2. The van der Waals surface area contributed by atoms with Gasteiger partial charge in [0.25, 0.3) is 0 Å². The van der Waals surface area contributed by atoms with Crippen molar-refractivity contribution in [2.75, 3.05) is 39.6 Å². The van der Waals surface area contributed by atoms with E-state index in [9.17, 15) is 43.2 Å². The molecule has 0 aliphatic rings. The van der Waals surface area contributed by atoms with Crippen LogP contribution in [0, 0.1) is 23.7 Å². The monoisotopic (exact) mass is 1370 g/mol. The standard InChI is InChI=1S/C74H144O17P2/c1-9-66(7)52-44-36-28-19-15-13-11-12-14-16-20-32-40-48-56-73(78)90-69(60-84-71(76)54-46-38-30-21-17-18-26-34-42-50-64(3)4)62-88-92(80,81)86-58-68(75)59-87-93(82,83)89-63-70(61-85-72(77)55-47-39-31-24-22-27-35-43-51-65(5)6)91-74(79)57-49-41-33-25-23-29-37-45-53-67(8)10-2/h64-70,75H,9-63H2,1-8H3,(H,80,81)(H,82,83)/t66?,67?,68?,69-,70-/m1/s1. The van der Waals surface area contributed by atoms with Crippen LogP contribution in [0.2, 0.25) is 0 Å². The van der Waals surface area contributed by atoms with Gasteiger partial charge in [0.2, 0.25) is 0 Å². The fourth-order valence-corrected chi connectivity index (χ4v) is 12.7. The molecule has 0 aromatic heterocycles. The SMILES string of the molecule is CCC(C)CCCCCCCCCCCCCCCCC(=O)O[C@H](COC(=O)CCCCCCCCCCCC(C)C)COP(=O)(O)OCC(O)COP(=O)(O)OC[C@@H](COC(=O)CCCCCCCCCCC(C)C)OC(=O)CCCCCCCCCCC(C)CC. The van der Waals surface area contributed by atoms with Gasteiger partial charge in [-0.1, -0.05) is 319 Å². The van der Waals surface area contributed by atoms with Gasteiger partial charge in [0.15, 0.2) is 12.2 Å². The van der Waals surface area contributed by atoms with Crippen LogP contribution < -0.4 is 0 Å². The van der Waals surface area contributed by atoms with Crippen LogP contribution >= 0.6 is 15.6 Å². The average molecular weight is 1370 g/mol. The van der Waals surface area contributed by atoms with E-state index in [1.54, 1.807) is 0 Å². The van der Waals surface area contributed by atoms with Crippen molar-refractivity contribution in [2.24, 2.45) is 23.7 Å². The summed E-state index contributed by atoms with van der Waals surface area (Å²) in [6, 6.07) is 0. The molecule has 0 radical (unpaired) electrons. The van der Waals surface area contributed by atoms with Gasteiger partial charge in [0, 0.05) is 25.7 Å². The van der Waals surface area contributed by atoms with Gasteiger partial charge in [-0.2, -0.15) is 0 Å². The maximum absolute atomic E-state index is 13.1. The lowest BCUT2D eigenvalue weighted by Crippen LogP contribution is -2.30. The summed E-state index contributed by atoms with van der Waals surface area (Å²) in [6.07, 6.45) is 47.1. The molecule has 552 valence electrons. The minimum Gasteiger partial charge on any atom is -0.462 e. The zero-order valence-electron chi connectivity index (χ0n) is 60.9. The van der Waals surface area contributed by atoms with Gasteiger partial charge in [-0.25, -0.2) is 9.13 Å². The Hall–Kier alpha value is -1.94. The van der Waals surface area contributed by atoms with Crippen molar-refractivity contribution in [1.82, 2.24) is 0 Å². The third-order valence-electron chi connectivity index (χ3n) is 17.8. The van der Waals surface area contributed by atoms with E-state index in [4.69, 9.17) is 37.0 Å². The van der Waals surface area contributed by atoms with E-state index in [1.807, 2.05) is 0 Å². The lowest BCUT2D eigenvalue weighted by atomic mass is 9.99. The van der Waals surface area contributed by atoms with E-state index in [0.717, 1.165) is 114 Å². The zero-order valence-corrected chi connectivity index (χ0v) is 62.7. The van der Waals surface area contributed by atoms with E-state index in [1.165, 1.54) is 173 Å². The van der Waals surface area contributed by atoms with Crippen molar-refractivity contribution < 1.29 is 80.2 Å². The second-order valence-electron chi connectivity index (χ2n) is 28.1. The Bertz CT molecular complexity index is 1840. The number of unbranched alkanes of at least 4 members (excludes halogenated alkanes) is 35. The molecule has 5 unspecified atom stereocenters. The van der Waals surface area contributed by atoms with Gasteiger partial charge < -0.3 is 33.8 Å². The Kier molecular flexibility index (Phi) is 62.2. The molecular weight excluding hydrogens is 1220 g/mol. The number of aliphatic hydroxyl groups excluding tert-OH is 1. The molecule has 19 heteroatoms. The summed E-state index contributed by atoms with van der Waals surface area (Å²) in [6.45, 7) is 14.2. The molecule has 0 spiro atoms. The Morgan fingerprint density at radius 3 is 0.763 bits per heavy atom. The summed E-state index contributed by atoms with van der Waals surface area (Å²) in [7, 11) is -9.91. The quantitative estimate of drug-likeness (QED) is 0.0222. The molecule has 0 amide bonds. The molecule has 0 saturated heterocycles. The molecule has 93 heavy (non-hydrogen) atoms. The molecule has 0 aliphatic heterocycles. The minimum absolute atomic E-state index is 0.104. The predicted octanol–water partition coefficient (Wildman–Crippen LogP) is 21.3. The van der Waals surface area contributed by atoms with Crippen LogP contribution in [0.25, 0.3) is 0 Å². The summed E-state index contributed by atoms with van der Waals surface area (Å²) < 4.78 is 68.4. The Morgan fingerprint density at radius 2 is 0.516 bits per heavy atom. The molecule has 0 aromatic rings. The number of hydrogen-bond donors (Lipinski definition) is 3. The molecule has 17 nitrogen and oxygen atoms in total. The third kappa shape index (κ3) is 65.8. The number of rotatable bonds is 71. The molecule has 0 bridgehead atoms. The largest absolute Gasteiger partial charge is 0.472 e. The topological polar surface area (TPSA) is 237 Å². The highest BCUT2D eigenvalue weighted by Gasteiger charge is 2.30. The predicted molar refractivity (Wildman–Crippen MR) is 377 cm³/mol. The smallest absolute Gasteiger partial charge is 0.462 e. The van der Waals surface area contributed by atoms with Gasteiger partial charge in [-0.15, -0.1) is 0 Å². The highest BCUT2D eigenvalue weighted by molar-refractivity contribution is 7.47. The number of phosphoric ester groups is 2. The fraction of sp³-hybridized carbons (Fsp3) is 0.946. The van der Waals surface area contributed by atoms with Gasteiger partial charge in [0.05, 0.1) is 26.4 Å². The first-order valence-corrected chi connectivity index (χ1v) is 41.3. The summed E-state index contributed by atoms with van der Waals surface area (Å²) >= 11 is 0. The van der Waals surface area contributed by atoms with Crippen LogP contribution in [-0.2, 0) is 65.4 Å². The second-order valence-corrected chi connectivity index (χ2v) is 31.0. The normalized spacial score (nSPS) is 14.8. The third-order valence-corrected chi connectivity index (χ3v) is 19.7. The first kappa shape index (κ1) is 91.1. The number of carbonyl (C=O) groups is 4. The van der Waals surface area contributed by atoms with E-state index < -0.39 is 97.5 Å². The molecule has 7 atom stereocenters. The van der Waals surface area contributed by atoms with E-state index in [-0.39, 0.29) is 25.7 Å². The number of phosphoric acid groups is 2. The van der Waals surface area contributed by atoms with Crippen molar-refractivity contribution in [3.8, 4) is 0 Å². The van der Waals surface area contributed by atoms with Crippen LogP contribution in [0.15, 0.2) is 0 Å². The number of ether oxygens (including phenoxy) is 4. The number of hydrogen-bond acceptors (Lipinski definition) is 15. The van der Waals surface area contributed by atoms with Crippen LogP contribution in [0.5, 0.6) is 0 Å². The fourth-order valence-electron chi connectivity index (χ4n) is 11.1. The van der Waals surface area contributed by atoms with Crippen LogP contribution in [0.1, 0.15) is 370 Å². The van der Waals surface area contributed by atoms with Crippen molar-refractivity contribution in [1.29, 1.82) is 0 Å². The van der Waals surface area contributed by atoms with Crippen LogP contribution in [0.3, 0.4) is 0 Å². The van der Waals surface area contributed by atoms with Crippen LogP contribution in [-0.4, -0.2) is 96.7 Å². The molecule has 0 saturated carbocycles. The summed E-state index contributed by atoms with van der Waals surface area (Å²) in [4.78, 5) is 72.7. The van der Waals surface area contributed by atoms with Gasteiger partial charge in [-0.05, 0) is 49.4 Å². The molecule has 0 aliphatic carbocycles. The molecule has 0 fully saturated rings. The van der Waals surface area contributed by atoms with Crippen molar-refractivity contribution in [3.05, 3.63) is 0 Å². The van der Waals surface area contributed by atoms with E-state index in [0.29, 0.717) is 25.7 Å². The lowest BCUT2D eigenvalue weighted by Gasteiger charge is -2.21. The molecule has 3 N–H and O–H groups in total. The highest BCUT2D eigenvalue weighted by Crippen LogP contribution is 2.45. The van der Waals surface area contributed by atoms with E-state index >= 15 is 0 Å². The Morgan fingerprint density at radius 1 is 0.301 bits per heavy atom. The summed E-state index contributed by atoms with van der Waals surface area (Å²) in [5.41, 5.74) is 0. The second kappa shape index (κ2) is 63.5. The molecule has 0 heterocycles. The number of carbonyl (C=O) groups excluding carboxylic acids is 4. The van der Waals surface area contributed by atoms with Gasteiger partial charge in [-0.3, -0.25) is 37.3 Å². The lowest BCUT2D eigenvalue weighted by molar-refractivity contribution is -0.161. The van der Waals surface area contributed by atoms with Crippen molar-refractivity contribution in [2.45, 2.75) is 388 Å². The first-order chi connectivity index (χ1) is 44.7. The Balaban J connectivity index is 5.25. The average Bonchev–Trinajstić information content (AvgIpc) is 3.42. The van der Waals surface area contributed by atoms with Crippen LogP contribution in [0.4, 0.5) is 0 Å². The van der Waals surface area contributed by atoms with Gasteiger partial charge >= 0.3 is 39.5 Å². The maximum Gasteiger partial charge on any atom is 0.472 e. The number of esters is 4. The molecule has 0 rings (SSSR count).